The molecular formula is C8H18OS2. The molecule has 0 radical (unpaired) electrons. The standard InChI is InChI=1S/C8H18OS2/c1-5(9)7(3)11-8(4)6(2)10/h5-10H,1-4H3/t5-,6-,7-,8-/m0/s1. The van der Waals surface area contributed by atoms with Crippen LogP contribution in [0, 0.1) is 0 Å². The second kappa shape index (κ2) is 5.33. The van der Waals surface area contributed by atoms with Crippen molar-refractivity contribution in [2.75, 3.05) is 0 Å². The molecule has 0 fully saturated rings. The van der Waals surface area contributed by atoms with Gasteiger partial charge in [-0.3, -0.25) is 0 Å². The summed E-state index contributed by atoms with van der Waals surface area (Å²) >= 11 is 6.12. The zero-order chi connectivity index (χ0) is 9.02. The number of thiol groups is 1. The van der Waals surface area contributed by atoms with E-state index in [1.165, 1.54) is 0 Å². The minimum absolute atomic E-state index is 0.227. The van der Waals surface area contributed by atoms with Crippen molar-refractivity contribution in [1.29, 1.82) is 0 Å². The second-order valence-electron chi connectivity index (χ2n) is 3.03. The van der Waals surface area contributed by atoms with Crippen LogP contribution < -0.4 is 0 Å². The maximum absolute atomic E-state index is 9.21. The van der Waals surface area contributed by atoms with Crippen LogP contribution in [0.25, 0.3) is 0 Å². The Hall–Kier alpha value is 0.660. The van der Waals surface area contributed by atoms with Gasteiger partial charge in [-0.2, -0.15) is 24.4 Å². The molecule has 0 aromatic rings. The summed E-state index contributed by atoms with van der Waals surface area (Å²) < 4.78 is 0. The van der Waals surface area contributed by atoms with Gasteiger partial charge in [-0.1, -0.05) is 20.8 Å². The van der Waals surface area contributed by atoms with Gasteiger partial charge in [-0.25, -0.2) is 0 Å². The summed E-state index contributed by atoms with van der Waals surface area (Å²) in [6, 6.07) is 0. The van der Waals surface area contributed by atoms with Gasteiger partial charge in [0.1, 0.15) is 0 Å². The van der Waals surface area contributed by atoms with Gasteiger partial charge in [-0.15, -0.1) is 0 Å². The average molecular weight is 194 g/mol. The highest BCUT2D eigenvalue weighted by Crippen LogP contribution is 2.24. The van der Waals surface area contributed by atoms with Gasteiger partial charge in [0.15, 0.2) is 0 Å². The van der Waals surface area contributed by atoms with Crippen molar-refractivity contribution in [2.45, 2.75) is 49.5 Å². The lowest BCUT2D eigenvalue weighted by molar-refractivity contribution is 0.196. The normalized spacial score (nSPS) is 22.4. The Kier molecular flexibility index (Phi) is 5.65. The first-order valence-corrected chi connectivity index (χ1v) is 5.42. The highest BCUT2D eigenvalue weighted by Gasteiger charge is 2.15. The molecule has 0 aromatic carbocycles. The summed E-state index contributed by atoms with van der Waals surface area (Å²) in [5.74, 6) is 0. The predicted octanol–water partition coefficient (Wildman–Crippen LogP) is 2.20. The van der Waals surface area contributed by atoms with Crippen molar-refractivity contribution >= 4 is 24.4 Å². The SMILES string of the molecule is C[C@H](O)[C@H](C)S[C@@H](C)[C@H](C)S. The van der Waals surface area contributed by atoms with Gasteiger partial charge in [0, 0.05) is 15.7 Å². The van der Waals surface area contributed by atoms with Crippen molar-refractivity contribution < 1.29 is 5.11 Å². The Morgan fingerprint density at radius 3 is 1.82 bits per heavy atom. The number of thioether (sulfide) groups is 1. The number of hydrogen-bond donors (Lipinski definition) is 2. The van der Waals surface area contributed by atoms with E-state index in [9.17, 15) is 5.11 Å². The monoisotopic (exact) mass is 194 g/mol. The average Bonchev–Trinajstić information content (AvgIpc) is 1.87. The Morgan fingerprint density at radius 1 is 1.09 bits per heavy atom. The van der Waals surface area contributed by atoms with Crippen LogP contribution in [0.3, 0.4) is 0 Å². The molecule has 0 rings (SSSR count). The van der Waals surface area contributed by atoms with E-state index in [-0.39, 0.29) is 6.10 Å². The molecule has 11 heavy (non-hydrogen) atoms. The van der Waals surface area contributed by atoms with E-state index in [4.69, 9.17) is 0 Å². The molecule has 0 aromatic heterocycles. The molecule has 1 nitrogen and oxygen atoms in total. The Bertz CT molecular complexity index is 92.3. The molecule has 0 spiro atoms. The Morgan fingerprint density at radius 2 is 1.55 bits per heavy atom. The molecule has 1 N–H and O–H groups in total. The lowest BCUT2D eigenvalue weighted by Gasteiger charge is -2.21. The molecule has 0 unspecified atom stereocenters. The van der Waals surface area contributed by atoms with E-state index in [1.807, 2.05) is 13.8 Å². The maximum Gasteiger partial charge on any atom is 0.0628 e. The minimum Gasteiger partial charge on any atom is -0.392 e. The van der Waals surface area contributed by atoms with Gasteiger partial charge >= 0.3 is 0 Å². The number of rotatable bonds is 4. The largest absolute Gasteiger partial charge is 0.392 e. The van der Waals surface area contributed by atoms with Crippen LogP contribution in [-0.4, -0.2) is 27.0 Å². The van der Waals surface area contributed by atoms with Crippen molar-refractivity contribution in [3.8, 4) is 0 Å². The van der Waals surface area contributed by atoms with Crippen molar-refractivity contribution in [1.82, 2.24) is 0 Å². The molecule has 0 amide bonds. The van der Waals surface area contributed by atoms with Gasteiger partial charge in [0.05, 0.1) is 6.10 Å². The lowest BCUT2D eigenvalue weighted by atomic mass is 10.3. The van der Waals surface area contributed by atoms with Crippen LogP contribution in [0.4, 0.5) is 0 Å². The van der Waals surface area contributed by atoms with Crippen LogP contribution in [0.2, 0.25) is 0 Å². The van der Waals surface area contributed by atoms with Crippen LogP contribution in [0.15, 0.2) is 0 Å². The maximum atomic E-state index is 9.21. The Balaban J connectivity index is 3.66. The third-order valence-corrected chi connectivity index (χ3v) is 4.10. The molecule has 0 aliphatic rings. The van der Waals surface area contributed by atoms with E-state index < -0.39 is 0 Å². The van der Waals surface area contributed by atoms with E-state index in [0.29, 0.717) is 15.7 Å². The third-order valence-electron chi connectivity index (χ3n) is 1.79. The molecule has 0 saturated heterocycles. The quantitative estimate of drug-likeness (QED) is 0.669. The first kappa shape index (κ1) is 11.7. The zero-order valence-electron chi connectivity index (χ0n) is 7.61. The molecule has 0 aliphatic carbocycles. The third kappa shape index (κ3) is 4.99. The Labute approximate surface area is 79.4 Å². The highest BCUT2D eigenvalue weighted by molar-refractivity contribution is 8.01. The van der Waals surface area contributed by atoms with Gasteiger partial charge in [0.2, 0.25) is 0 Å². The fourth-order valence-electron chi connectivity index (χ4n) is 0.566. The van der Waals surface area contributed by atoms with Gasteiger partial charge < -0.3 is 5.11 Å². The molecule has 0 bridgehead atoms. The lowest BCUT2D eigenvalue weighted by Crippen LogP contribution is -2.21. The molecule has 4 atom stereocenters. The van der Waals surface area contributed by atoms with E-state index in [0.717, 1.165) is 0 Å². The molecular weight excluding hydrogens is 176 g/mol. The second-order valence-corrected chi connectivity index (χ2v) is 5.60. The fraction of sp³-hybridized carbons (Fsp3) is 1.00. The summed E-state index contributed by atoms with van der Waals surface area (Å²) in [4.78, 5) is 0. The van der Waals surface area contributed by atoms with E-state index >= 15 is 0 Å². The molecule has 3 heteroatoms. The molecule has 0 heterocycles. The fourth-order valence-corrected chi connectivity index (χ4v) is 1.91. The van der Waals surface area contributed by atoms with Crippen LogP contribution >= 0.6 is 24.4 Å². The van der Waals surface area contributed by atoms with Crippen molar-refractivity contribution in [3.05, 3.63) is 0 Å². The van der Waals surface area contributed by atoms with Crippen LogP contribution in [-0.2, 0) is 0 Å². The number of hydrogen-bond acceptors (Lipinski definition) is 3. The highest BCUT2D eigenvalue weighted by atomic mass is 32.2. The van der Waals surface area contributed by atoms with Crippen LogP contribution in [0.1, 0.15) is 27.7 Å². The molecule has 68 valence electrons. The van der Waals surface area contributed by atoms with Gasteiger partial charge in [-0.05, 0) is 6.92 Å². The first-order chi connectivity index (χ1) is 4.95. The van der Waals surface area contributed by atoms with Gasteiger partial charge in [0.25, 0.3) is 0 Å². The summed E-state index contributed by atoms with van der Waals surface area (Å²) in [6.45, 7) is 8.09. The summed E-state index contributed by atoms with van der Waals surface area (Å²) in [7, 11) is 0. The summed E-state index contributed by atoms with van der Waals surface area (Å²) in [6.07, 6.45) is -0.227. The number of aliphatic hydroxyl groups excluding tert-OH is 1. The van der Waals surface area contributed by atoms with E-state index in [2.05, 4.69) is 26.5 Å². The summed E-state index contributed by atoms with van der Waals surface area (Å²) in [5.41, 5.74) is 0. The molecule has 0 saturated carbocycles. The molecule has 0 aliphatic heterocycles. The summed E-state index contributed by atoms with van der Waals surface area (Å²) in [5, 5.41) is 10.4. The van der Waals surface area contributed by atoms with E-state index in [1.54, 1.807) is 11.8 Å². The first-order valence-electron chi connectivity index (χ1n) is 3.96. The predicted molar refractivity (Wildman–Crippen MR) is 56.6 cm³/mol. The zero-order valence-corrected chi connectivity index (χ0v) is 9.32. The minimum atomic E-state index is -0.227. The van der Waals surface area contributed by atoms with Crippen molar-refractivity contribution in [2.24, 2.45) is 0 Å². The topological polar surface area (TPSA) is 20.2 Å². The smallest absolute Gasteiger partial charge is 0.0628 e. The van der Waals surface area contributed by atoms with Crippen molar-refractivity contribution in [3.63, 3.8) is 0 Å². The van der Waals surface area contributed by atoms with Crippen LogP contribution in [0.5, 0.6) is 0 Å². The number of aliphatic hydroxyl groups is 1.